The summed E-state index contributed by atoms with van der Waals surface area (Å²) in [5.41, 5.74) is 0.727. The molecule has 140 valence electrons. The van der Waals surface area contributed by atoms with Crippen LogP contribution in [0.4, 0.5) is 11.4 Å². The zero-order chi connectivity index (χ0) is 19.2. The molecule has 2 aromatic carbocycles. The number of carbonyl (C=O) groups is 2. The summed E-state index contributed by atoms with van der Waals surface area (Å²) in [4.78, 5) is 36.2. The number of nitro benzene ring substituents is 1. The smallest absolute Gasteiger partial charge is 0.269 e. The third-order valence-corrected chi connectivity index (χ3v) is 4.25. The monoisotopic (exact) mass is 369 g/mol. The maximum atomic E-state index is 12.3. The van der Waals surface area contributed by atoms with Crippen molar-refractivity contribution < 1.29 is 19.2 Å². The fourth-order valence-corrected chi connectivity index (χ4v) is 2.80. The molecule has 1 heterocycles. The molecular formula is C19H19N3O5. The van der Waals surface area contributed by atoms with E-state index in [1.165, 1.54) is 24.3 Å². The Kier molecular flexibility index (Phi) is 5.65. The predicted octanol–water partition coefficient (Wildman–Crippen LogP) is 2.85. The molecule has 0 aliphatic carbocycles. The van der Waals surface area contributed by atoms with Gasteiger partial charge in [-0.25, -0.2) is 0 Å². The van der Waals surface area contributed by atoms with E-state index in [1.807, 2.05) is 0 Å². The number of carbonyl (C=O) groups excluding carboxylic acids is 2. The molecule has 8 heteroatoms. The van der Waals surface area contributed by atoms with Crippen molar-refractivity contribution >= 4 is 23.2 Å². The maximum Gasteiger partial charge on any atom is 0.269 e. The number of nitrogens with zero attached hydrogens (tertiary/aromatic N) is 2. The number of benzene rings is 2. The van der Waals surface area contributed by atoms with Crippen LogP contribution in [-0.2, 0) is 4.79 Å². The van der Waals surface area contributed by atoms with Crippen LogP contribution in [-0.4, -0.2) is 41.3 Å². The van der Waals surface area contributed by atoms with Gasteiger partial charge in [0.2, 0.25) is 0 Å². The Bertz CT molecular complexity index is 845. The fraction of sp³-hybridized carbons (Fsp3) is 0.263. The molecule has 2 aromatic rings. The van der Waals surface area contributed by atoms with Crippen molar-refractivity contribution in [3.8, 4) is 5.75 Å². The van der Waals surface area contributed by atoms with Crippen LogP contribution in [0.25, 0.3) is 0 Å². The summed E-state index contributed by atoms with van der Waals surface area (Å²) in [5, 5.41) is 13.4. The molecule has 0 atom stereocenters. The van der Waals surface area contributed by atoms with Gasteiger partial charge in [-0.05, 0) is 37.1 Å². The summed E-state index contributed by atoms with van der Waals surface area (Å²) in [6.45, 7) is 1.50. The first-order chi connectivity index (χ1) is 13.0. The number of nitrogens with one attached hydrogen (secondary N) is 1. The van der Waals surface area contributed by atoms with Gasteiger partial charge in [0.1, 0.15) is 5.75 Å². The zero-order valence-corrected chi connectivity index (χ0v) is 14.6. The molecule has 8 nitrogen and oxygen atoms in total. The van der Waals surface area contributed by atoms with Crippen LogP contribution in [0.3, 0.4) is 0 Å². The van der Waals surface area contributed by atoms with Gasteiger partial charge >= 0.3 is 0 Å². The van der Waals surface area contributed by atoms with Crippen LogP contribution < -0.4 is 10.1 Å². The van der Waals surface area contributed by atoms with E-state index in [4.69, 9.17) is 4.74 Å². The Labute approximate surface area is 155 Å². The van der Waals surface area contributed by atoms with Gasteiger partial charge in [-0.1, -0.05) is 6.07 Å². The first-order valence-corrected chi connectivity index (χ1v) is 8.59. The van der Waals surface area contributed by atoms with Crippen LogP contribution >= 0.6 is 0 Å². The lowest BCUT2D eigenvalue weighted by Crippen LogP contribution is -2.32. The third-order valence-electron chi connectivity index (χ3n) is 4.25. The number of hydrogen-bond donors (Lipinski definition) is 1. The quantitative estimate of drug-likeness (QED) is 0.623. The predicted molar refractivity (Wildman–Crippen MR) is 98.8 cm³/mol. The first kappa shape index (κ1) is 18.4. The lowest BCUT2D eigenvalue weighted by Gasteiger charge is -2.15. The number of rotatable bonds is 6. The molecular weight excluding hydrogens is 350 g/mol. The van der Waals surface area contributed by atoms with Gasteiger partial charge in [0.05, 0.1) is 4.92 Å². The largest absolute Gasteiger partial charge is 0.484 e. The summed E-state index contributed by atoms with van der Waals surface area (Å²) in [7, 11) is 0. The number of likely N-dealkylation sites (tertiary alicyclic amines) is 1. The van der Waals surface area contributed by atoms with Crippen molar-refractivity contribution in [3.63, 3.8) is 0 Å². The molecule has 1 aliphatic rings. The molecule has 1 saturated heterocycles. The van der Waals surface area contributed by atoms with Crippen molar-refractivity contribution in [1.29, 1.82) is 0 Å². The Hall–Kier alpha value is -3.42. The molecule has 1 fully saturated rings. The molecule has 0 spiro atoms. The van der Waals surface area contributed by atoms with E-state index in [2.05, 4.69) is 5.32 Å². The van der Waals surface area contributed by atoms with E-state index < -0.39 is 10.8 Å². The second-order valence-electron chi connectivity index (χ2n) is 6.16. The summed E-state index contributed by atoms with van der Waals surface area (Å²) >= 11 is 0. The van der Waals surface area contributed by atoms with Gasteiger partial charge in [0.25, 0.3) is 17.5 Å². The van der Waals surface area contributed by atoms with Gasteiger partial charge < -0.3 is 15.0 Å². The number of nitro groups is 1. The van der Waals surface area contributed by atoms with Crippen molar-refractivity contribution in [1.82, 2.24) is 4.90 Å². The molecule has 0 saturated carbocycles. The van der Waals surface area contributed by atoms with E-state index in [0.717, 1.165) is 25.9 Å². The van der Waals surface area contributed by atoms with Crippen LogP contribution in [0.2, 0.25) is 0 Å². The average molecular weight is 369 g/mol. The Balaban J connectivity index is 1.58. The summed E-state index contributed by atoms with van der Waals surface area (Å²) < 4.78 is 5.53. The van der Waals surface area contributed by atoms with Crippen LogP contribution in [0, 0.1) is 10.1 Å². The van der Waals surface area contributed by atoms with E-state index in [0.29, 0.717) is 17.0 Å². The minimum absolute atomic E-state index is 0.0419. The summed E-state index contributed by atoms with van der Waals surface area (Å²) in [6, 6.07) is 12.1. The molecule has 3 rings (SSSR count). The van der Waals surface area contributed by atoms with Gasteiger partial charge in [-0.2, -0.15) is 0 Å². The molecule has 0 unspecified atom stereocenters. The summed E-state index contributed by atoms with van der Waals surface area (Å²) in [5.74, 6) is 0.0343. The molecule has 1 N–H and O–H groups in total. The Morgan fingerprint density at radius 1 is 1.11 bits per heavy atom. The second-order valence-corrected chi connectivity index (χ2v) is 6.16. The highest BCUT2D eigenvalue weighted by molar-refractivity contribution is 6.04. The minimum atomic E-state index is -0.522. The Morgan fingerprint density at radius 2 is 1.81 bits per heavy atom. The highest BCUT2D eigenvalue weighted by Crippen LogP contribution is 2.19. The normalized spacial score (nSPS) is 13.3. The first-order valence-electron chi connectivity index (χ1n) is 8.59. The van der Waals surface area contributed by atoms with Crippen LogP contribution in [0.1, 0.15) is 23.2 Å². The van der Waals surface area contributed by atoms with Gasteiger partial charge in [0.15, 0.2) is 6.61 Å². The van der Waals surface area contributed by atoms with Crippen LogP contribution in [0.15, 0.2) is 48.5 Å². The SMILES string of the molecule is O=C(Nc1cccc(OCC(=O)N2CCCC2)c1)c1ccc([N+](=O)[O-])cc1. The van der Waals surface area contributed by atoms with Gasteiger partial charge in [-0.3, -0.25) is 19.7 Å². The van der Waals surface area contributed by atoms with Crippen molar-refractivity contribution in [2.45, 2.75) is 12.8 Å². The number of non-ortho nitro benzene ring substituents is 1. The molecule has 27 heavy (non-hydrogen) atoms. The van der Waals surface area contributed by atoms with Gasteiger partial charge in [0, 0.05) is 42.5 Å². The highest BCUT2D eigenvalue weighted by Gasteiger charge is 2.18. The number of anilines is 1. The molecule has 2 amide bonds. The molecule has 0 aromatic heterocycles. The van der Waals surface area contributed by atoms with E-state index >= 15 is 0 Å². The van der Waals surface area contributed by atoms with E-state index in [1.54, 1.807) is 29.2 Å². The third kappa shape index (κ3) is 4.81. The molecule has 1 aliphatic heterocycles. The highest BCUT2D eigenvalue weighted by atomic mass is 16.6. The number of hydrogen-bond acceptors (Lipinski definition) is 5. The van der Waals surface area contributed by atoms with Crippen molar-refractivity contribution in [2.75, 3.05) is 25.0 Å². The zero-order valence-electron chi connectivity index (χ0n) is 14.6. The molecule has 0 radical (unpaired) electrons. The lowest BCUT2D eigenvalue weighted by atomic mass is 10.2. The second kappa shape index (κ2) is 8.31. The van der Waals surface area contributed by atoms with Gasteiger partial charge in [-0.15, -0.1) is 0 Å². The lowest BCUT2D eigenvalue weighted by molar-refractivity contribution is -0.384. The van der Waals surface area contributed by atoms with E-state index in [9.17, 15) is 19.7 Å². The van der Waals surface area contributed by atoms with E-state index in [-0.39, 0.29) is 18.2 Å². The number of ether oxygens (including phenoxy) is 1. The standard InChI is InChI=1S/C19H19N3O5/c23-18(21-10-1-2-11-21)13-27-17-5-3-4-15(12-17)20-19(24)14-6-8-16(9-7-14)22(25)26/h3-9,12H,1-2,10-11,13H2,(H,20,24). The maximum absolute atomic E-state index is 12.3. The minimum Gasteiger partial charge on any atom is -0.484 e. The average Bonchev–Trinajstić information content (AvgIpc) is 3.21. The van der Waals surface area contributed by atoms with Crippen molar-refractivity contribution in [3.05, 3.63) is 64.2 Å². The summed E-state index contributed by atoms with van der Waals surface area (Å²) in [6.07, 6.45) is 2.05. The fourth-order valence-electron chi connectivity index (χ4n) is 2.80. The topological polar surface area (TPSA) is 102 Å². The van der Waals surface area contributed by atoms with Crippen LogP contribution in [0.5, 0.6) is 5.75 Å². The van der Waals surface area contributed by atoms with Crippen molar-refractivity contribution in [2.24, 2.45) is 0 Å². The number of amides is 2. The molecule has 0 bridgehead atoms. The Morgan fingerprint density at radius 3 is 2.48 bits per heavy atom.